The Kier molecular flexibility index (Phi) is 5.47. The zero-order valence-corrected chi connectivity index (χ0v) is 15.4. The molecule has 2 aromatic rings. The Bertz CT molecular complexity index is 717. The van der Waals surface area contributed by atoms with Gasteiger partial charge in [-0.1, -0.05) is 0 Å². The molecule has 0 fully saturated rings. The van der Waals surface area contributed by atoms with Gasteiger partial charge in [0.1, 0.15) is 11.0 Å². The highest BCUT2D eigenvalue weighted by Gasteiger charge is 2.25. The van der Waals surface area contributed by atoms with Crippen LogP contribution in [0.5, 0.6) is 0 Å². The fourth-order valence-corrected chi connectivity index (χ4v) is 4.29. The van der Waals surface area contributed by atoms with Crippen LogP contribution < -0.4 is 5.32 Å². The lowest BCUT2D eigenvalue weighted by Crippen LogP contribution is -2.47. The number of amides is 2. The number of aromatic amines is 1. The number of fused-ring (bicyclic) bond motifs is 1. The van der Waals surface area contributed by atoms with Gasteiger partial charge in [-0.25, -0.2) is 9.97 Å². The number of nitrogens with one attached hydrogen (secondary N) is 2. The molecule has 2 N–H and O–H groups in total. The maximum atomic E-state index is 12.8. The molecule has 1 aliphatic rings. The number of H-pyrrole nitrogens is 1. The number of likely N-dealkylation sites (N-methyl/N-ethyl adjacent to an activating group) is 1. The minimum absolute atomic E-state index is 0.127. The number of hydrogen-bond acceptors (Lipinski definition) is 5. The number of carbonyl (C=O) groups is 2. The first-order chi connectivity index (χ1) is 12.0. The summed E-state index contributed by atoms with van der Waals surface area (Å²) in [5.74, 6) is -0.353. The molecule has 0 aliphatic heterocycles. The maximum absolute atomic E-state index is 12.8. The average molecular weight is 361 g/mol. The summed E-state index contributed by atoms with van der Waals surface area (Å²) in [6, 6.07) is -0.613. The van der Waals surface area contributed by atoms with Crippen molar-refractivity contribution in [3.8, 4) is 0 Å². The van der Waals surface area contributed by atoms with E-state index in [1.807, 2.05) is 0 Å². The molecule has 0 aromatic carbocycles. The van der Waals surface area contributed by atoms with Crippen LogP contribution in [0, 0.1) is 0 Å². The van der Waals surface area contributed by atoms with Crippen molar-refractivity contribution in [1.29, 1.82) is 0 Å². The largest absolute Gasteiger partial charge is 0.348 e. The minimum Gasteiger partial charge on any atom is -0.348 e. The van der Waals surface area contributed by atoms with Crippen LogP contribution in [0.1, 0.15) is 41.0 Å². The van der Waals surface area contributed by atoms with Gasteiger partial charge in [0.2, 0.25) is 11.8 Å². The second kappa shape index (κ2) is 7.77. The first-order valence-electron chi connectivity index (χ1n) is 8.49. The Balaban J connectivity index is 1.67. The Morgan fingerprint density at radius 1 is 1.40 bits per heavy atom. The molecule has 0 saturated heterocycles. The predicted molar refractivity (Wildman–Crippen MR) is 95.1 cm³/mol. The summed E-state index contributed by atoms with van der Waals surface area (Å²) in [6.45, 7) is 1.89. The number of hydrogen-bond donors (Lipinski definition) is 2. The van der Waals surface area contributed by atoms with Gasteiger partial charge in [-0.15, -0.1) is 11.3 Å². The van der Waals surface area contributed by atoms with Crippen molar-refractivity contribution in [2.45, 2.75) is 51.6 Å². The summed E-state index contributed by atoms with van der Waals surface area (Å²) >= 11 is 1.70. The van der Waals surface area contributed by atoms with Crippen molar-refractivity contribution < 1.29 is 9.59 Å². The van der Waals surface area contributed by atoms with Gasteiger partial charge in [-0.3, -0.25) is 9.59 Å². The van der Waals surface area contributed by atoms with Crippen LogP contribution in [0.15, 0.2) is 12.5 Å². The number of aromatic nitrogens is 3. The molecular weight excluding hydrogens is 338 g/mol. The summed E-state index contributed by atoms with van der Waals surface area (Å²) < 4.78 is 0. The van der Waals surface area contributed by atoms with E-state index in [4.69, 9.17) is 4.98 Å². The summed E-state index contributed by atoms with van der Waals surface area (Å²) in [6.07, 6.45) is 8.16. The van der Waals surface area contributed by atoms with Crippen LogP contribution in [-0.2, 0) is 35.4 Å². The molecule has 0 spiro atoms. The molecular formula is C17H23N5O2S. The van der Waals surface area contributed by atoms with Gasteiger partial charge in [0.25, 0.3) is 0 Å². The van der Waals surface area contributed by atoms with E-state index in [-0.39, 0.29) is 11.8 Å². The van der Waals surface area contributed by atoms with Crippen LogP contribution in [0.2, 0.25) is 0 Å². The lowest BCUT2D eigenvalue weighted by molar-refractivity contribution is -0.135. The van der Waals surface area contributed by atoms with Gasteiger partial charge in [-0.05, 0) is 25.7 Å². The van der Waals surface area contributed by atoms with Crippen molar-refractivity contribution >= 4 is 23.2 Å². The van der Waals surface area contributed by atoms with Crippen molar-refractivity contribution in [2.24, 2.45) is 0 Å². The van der Waals surface area contributed by atoms with Gasteiger partial charge in [-0.2, -0.15) is 0 Å². The standard InChI is InChI=1S/C17H23N5O2S/c1-11(23)20-14(7-12-8-18-10-19-12)17(24)22(2)9-16-21-13-5-3-4-6-15(13)25-16/h8,10,14H,3-7,9H2,1-2H3,(H,18,19)(H,20,23)/t14-/m0/s1. The molecule has 1 aliphatic carbocycles. The average Bonchev–Trinajstić information content (AvgIpc) is 3.21. The van der Waals surface area contributed by atoms with E-state index in [1.54, 1.807) is 35.8 Å². The number of rotatable bonds is 6. The summed E-state index contributed by atoms with van der Waals surface area (Å²) in [4.78, 5) is 38.9. The third-order valence-electron chi connectivity index (χ3n) is 4.29. The van der Waals surface area contributed by atoms with Crippen molar-refractivity contribution in [2.75, 3.05) is 7.05 Å². The van der Waals surface area contributed by atoms with Crippen molar-refractivity contribution in [1.82, 2.24) is 25.2 Å². The van der Waals surface area contributed by atoms with Crippen molar-refractivity contribution in [3.63, 3.8) is 0 Å². The molecule has 2 amide bonds. The highest BCUT2D eigenvalue weighted by atomic mass is 32.1. The summed E-state index contributed by atoms with van der Waals surface area (Å²) in [5, 5.41) is 3.70. The lowest BCUT2D eigenvalue weighted by Gasteiger charge is -2.23. The van der Waals surface area contributed by atoms with Crippen molar-refractivity contribution in [3.05, 3.63) is 33.8 Å². The highest BCUT2D eigenvalue weighted by Crippen LogP contribution is 2.27. The van der Waals surface area contributed by atoms with Gasteiger partial charge < -0.3 is 15.2 Å². The monoisotopic (exact) mass is 361 g/mol. The van der Waals surface area contributed by atoms with Gasteiger partial charge in [0.05, 0.1) is 18.6 Å². The van der Waals surface area contributed by atoms with Crippen LogP contribution >= 0.6 is 11.3 Å². The molecule has 2 heterocycles. The van der Waals surface area contributed by atoms with Crippen LogP contribution in [0.25, 0.3) is 0 Å². The van der Waals surface area contributed by atoms with Gasteiger partial charge in [0.15, 0.2) is 0 Å². The molecule has 2 aromatic heterocycles. The normalized spacial score (nSPS) is 14.6. The third kappa shape index (κ3) is 4.45. The number of carbonyl (C=O) groups excluding carboxylic acids is 2. The quantitative estimate of drug-likeness (QED) is 0.815. The first kappa shape index (κ1) is 17.6. The molecule has 3 rings (SSSR count). The van der Waals surface area contributed by atoms with Crippen LogP contribution in [-0.4, -0.2) is 44.8 Å². The molecule has 0 saturated carbocycles. The fraction of sp³-hybridized carbons (Fsp3) is 0.529. The number of imidazole rings is 1. The molecule has 0 unspecified atom stereocenters. The van der Waals surface area contributed by atoms with E-state index in [0.717, 1.165) is 23.5 Å². The third-order valence-corrected chi connectivity index (χ3v) is 5.44. The van der Waals surface area contributed by atoms with Gasteiger partial charge >= 0.3 is 0 Å². The SMILES string of the molecule is CC(=O)N[C@@H](Cc1cnc[nH]1)C(=O)N(C)Cc1nc2c(s1)CCCC2. The van der Waals surface area contributed by atoms with E-state index in [0.29, 0.717) is 13.0 Å². The Labute approximate surface area is 150 Å². The zero-order chi connectivity index (χ0) is 17.8. The van der Waals surface area contributed by atoms with E-state index >= 15 is 0 Å². The van der Waals surface area contributed by atoms with E-state index in [2.05, 4.69) is 15.3 Å². The summed E-state index contributed by atoms with van der Waals surface area (Å²) in [7, 11) is 1.75. The zero-order valence-electron chi connectivity index (χ0n) is 14.5. The van der Waals surface area contributed by atoms with Crippen LogP contribution in [0.4, 0.5) is 0 Å². The molecule has 0 bridgehead atoms. The highest BCUT2D eigenvalue weighted by molar-refractivity contribution is 7.11. The molecule has 25 heavy (non-hydrogen) atoms. The van der Waals surface area contributed by atoms with E-state index in [1.165, 1.54) is 30.3 Å². The Morgan fingerprint density at radius 2 is 2.20 bits per heavy atom. The molecule has 134 valence electrons. The first-order valence-corrected chi connectivity index (χ1v) is 9.31. The predicted octanol–water partition coefficient (Wildman–Crippen LogP) is 1.45. The van der Waals surface area contributed by atoms with E-state index in [9.17, 15) is 9.59 Å². The van der Waals surface area contributed by atoms with Crippen LogP contribution in [0.3, 0.4) is 0 Å². The smallest absolute Gasteiger partial charge is 0.245 e. The maximum Gasteiger partial charge on any atom is 0.245 e. The minimum atomic E-state index is -0.613. The fourth-order valence-electron chi connectivity index (χ4n) is 3.08. The molecule has 7 nitrogen and oxygen atoms in total. The second-order valence-corrected chi connectivity index (χ2v) is 7.58. The molecule has 1 atom stereocenters. The van der Waals surface area contributed by atoms with Gasteiger partial charge in [0, 0.05) is 37.2 Å². The molecule has 8 heteroatoms. The number of aryl methyl sites for hydroxylation is 2. The number of thiazole rings is 1. The Morgan fingerprint density at radius 3 is 2.88 bits per heavy atom. The van der Waals surface area contributed by atoms with E-state index < -0.39 is 6.04 Å². The number of nitrogens with zero attached hydrogens (tertiary/aromatic N) is 3. The molecule has 0 radical (unpaired) electrons. The Hall–Kier alpha value is -2.22. The lowest BCUT2D eigenvalue weighted by atomic mass is 10.0. The summed E-state index contributed by atoms with van der Waals surface area (Å²) in [5.41, 5.74) is 2.01. The topological polar surface area (TPSA) is 91.0 Å². The second-order valence-electron chi connectivity index (χ2n) is 6.41.